The number of aromatic amines is 1. The summed E-state index contributed by atoms with van der Waals surface area (Å²) in [5.74, 6) is 0.823. The Morgan fingerprint density at radius 2 is 2.00 bits per heavy atom. The van der Waals surface area contributed by atoms with Crippen LogP contribution in [0.3, 0.4) is 0 Å². The molecular formula is C21H23N3O4. The minimum absolute atomic E-state index is 0.275. The molecule has 0 aliphatic carbocycles. The van der Waals surface area contributed by atoms with Gasteiger partial charge < -0.3 is 19.8 Å². The molecular weight excluding hydrogens is 358 g/mol. The minimum atomic E-state index is -0.365. The Hall–Kier alpha value is -3.19. The van der Waals surface area contributed by atoms with Crippen LogP contribution in [0.15, 0.2) is 42.6 Å². The molecule has 1 amide bonds. The Morgan fingerprint density at radius 3 is 2.68 bits per heavy atom. The van der Waals surface area contributed by atoms with Crippen LogP contribution in [-0.4, -0.2) is 41.5 Å². The van der Waals surface area contributed by atoms with Crippen molar-refractivity contribution in [2.45, 2.75) is 25.9 Å². The molecule has 3 aromatic rings. The number of nitrogens with one attached hydrogen (secondary N) is 2. The molecule has 2 heterocycles. The molecule has 0 aliphatic heterocycles. The molecule has 0 unspecified atom stereocenters. The van der Waals surface area contributed by atoms with E-state index in [1.807, 2.05) is 13.8 Å². The number of ether oxygens (including phenoxy) is 2. The van der Waals surface area contributed by atoms with Gasteiger partial charge in [0, 0.05) is 31.1 Å². The van der Waals surface area contributed by atoms with Gasteiger partial charge in [-0.2, -0.15) is 0 Å². The minimum Gasteiger partial charge on any atom is -0.488 e. The van der Waals surface area contributed by atoms with Crippen LogP contribution in [0.1, 0.15) is 41.1 Å². The number of aromatic nitrogens is 2. The number of hydrogen-bond donors (Lipinski definition) is 2. The van der Waals surface area contributed by atoms with E-state index in [2.05, 4.69) is 15.3 Å². The smallest absolute Gasteiger partial charge is 0.256 e. The van der Waals surface area contributed by atoms with Crippen LogP contribution < -0.4 is 10.1 Å². The van der Waals surface area contributed by atoms with Crippen molar-refractivity contribution in [3.8, 4) is 5.75 Å². The molecule has 0 atom stereocenters. The lowest BCUT2D eigenvalue weighted by molar-refractivity contribution is 0.0630. The number of benzene rings is 1. The summed E-state index contributed by atoms with van der Waals surface area (Å²) in [6, 6.07) is 10.4. The summed E-state index contributed by atoms with van der Waals surface area (Å²) < 4.78 is 11.1. The molecule has 0 saturated heterocycles. The number of nitrogens with zero attached hydrogens (tertiary/aromatic N) is 1. The number of fused-ring (bicyclic) bond motifs is 1. The maximum Gasteiger partial charge on any atom is 0.256 e. The summed E-state index contributed by atoms with van der Waals surface area (Å²) in [5.41, 5.74) is 1.32. The molecule has 7 heteroatoms. The largest absolute Gasteiger partial charge is 0.488 e. The van der Waals surface area contributed by atoms with E-state index >= 15 is 0 Å². The van der Waals surface area contributed by atoms with Gasteiger partial charge in [0.25, 0.3) is 5.91 Å². The quantitative estimate of drug-likeness (QED) is 0.579. The van der Waals surface area contributed by atoms with Crippen LogP contribution >= 0.6 is 0 Å². The molecule has 28 heavy (non-hydrogen) atoms. The number of hydrogen-bond acceptors (Lipinski definition) is 5. The number of carbonyl (C=O) groups is 2. The molecule has 0 fully saturated rings. The van der Waals surface area contributed by atoms with Crippen molar-refractivity contribution in [2.24, 2.45) is 0 Å². The highest BCUT2D eigenvalue weighted by Crippen LogP contribution is 2.22. The molecule has 0 aliphatic rings. The van der Waals surface area contributed by atoms with Gasteiger partial charge in [-0.05, 0) is 50.2 Å². The molecule has 3 rings (SSSR count). The average molecular weight is 381 g/mol. The third-order valence-corrected chi connectivity index (χ3v) is 4.31. The van der Waals surface area contributed by atoms with Gasteiger partial charge >= 0.3 is 0 Å². The number of H-pyrrole nitrogens is 1. The first-order chi connectivity index (χ1) is 13.4. The topological polar surface area (TPSA) is 93.3 Å². The Morgan fingerprint density at radius 1 is 1.25 bits per heavy atom. The van der Waals surface area contributed by atoms with Crippen molar-refractivity contribution < 1.29 is 19.1 Å². The van der Waals surface area contributed by atoms with Gasteiger partial charge in [0.1, 0.15) is 17.2 Å². The summed E-state index contributed by atoms with van der Waals surface area (Å²) in [6.45, 7) is 4.59. The summed E-state index contributed by atoms with van der Waals surface area (Å²) in [7, 11) is 1.66. The summed E-state index contributed by atoms with van der Waals surface area (Å²) in [5, 5.41) is 3.56. The zero-order valence-corrected chi connectivity index (χ0v) is 16.1. The van der Waals surface area contributed by atoms with Crippen LogP contribution in [-0.2, 0) is 4.74 Å². The van der Waals surface area contributed by atoms with Crippen molar-refractivity contribution in [1.29, 1.82) is 0 Å². The molecule has 1 aromatic carbocycles. The fourth-order valence-electron chi connectivity index (χ4n) is 2.77. The Kier molecular flexibility index (Phi) is 5.75. The van der Waals surface area contributed by atoms with Gasteiger partial charge in [-0.3, -0.25) is 9.59 Å². The number of pyridine rings is 1. The van der Waals surface area contributed by atoms with Crippen molar-refractivity contribution in [3.63, 3.8) is 0 Å². The first-order valence-electron chi connectivity index (χ1n) is 8.93. The second-order valence-electron chi connectivity index (χ2n) is 7.08. The Bertz CT molecular complexity index is 977. The maximum atomic E-state index is 12.5. The first kappa shape index (κ1) is 19.6. The number of rotatable bonds is 8. The zero-order chi connectivity index (χ0) is 20.1. The van der Waals surface area contributed by atoms with Crippen molar-refractivity contribution in [3.05, 3.63) is 53.9 Å². The van der Waals surface area contributed by atoms with E-state index in [-0.39, 0.29) is 11.5 Å². The van der Waals surface area contributed by atoms with E-state index in [9.17, 15) is 9.59 Å². The molecule has 146 valence electrons. The SMILES string of the molecule is COCCC(C)(C)Oc1ccc(C(=O)Nc2cc3cc(C=O)[nH]c3cn2)cc1. The van der Waals surface area contributed by atoms with E-state index in [1.165, 1.54) is 0 Å². The first-order valence-corrected chi connectivity index (χ1v) is 8.93. The van der Waals surface area contributed by atoms with E-state index in [0.717, 1.165) is 23.6 Å². The molecule has 7 nitrogen and oxygen atoms in total. The summed E-state index contributed by atoms with van der Waals surface area (Å²) in [6.07, 6.45) is 3.07. The van der Waals surface area contributed by atoms with Gasteiger partial charge in [0.05, 0.1) is 17.4 Å². The van der Waals surface area contributed by atoms with Gasteiger partial charge in [0.15, 0.2) is 6.29 Å². The molecule has 0 saturated carbocycles. The number of aldehydes is 1. The normalized spacial score (nSPS) is 11.4. The van der Waals surface area contributed by atoms with Crippen molar-refractivity contribution in [1.82, 2.24) is 9.97 Å². The predicted molar refractivity (Wildman–Crippen MR) is 107 cm³/mol. The maximum absolute atomic E-state index is 12.5. The monoisotopic (exact) mass is 381 g/mol. The van der Waals surface area contributed by atoms with Crippen LogP contribution in [0, 0.1) is 0 Å². The second kappa shape index (κ2) is 8.22. The van der Waals surface area contributed by atoms with Crippen molar-refractivity contribution >= 4 is 28.9 Å². The highest BCUT2D eigenvalue weighted by Gasteiger charge is 2.19. The highest BCUT2D eigenvalue weighted by atomic mass is 16.5. The van der Waals surface area contributed by atoms with Crippen molar-refractivity contribution in [2.75, 3.05) is 19.0 Å². The van der Waals surface area contributed by atoms with Gasteiger partial charge in [-0.25, -0.2) is 4.98 Å². The van der Waals surface area contributed by atoms with Gasteiger partial charge in [0.2, 0.25) is 0 Å². The van der Waals surface area contributed by atoms with E-state index < -0.39 is 0 Å². The fourth-order valence-corrected chi connectivity index (χ4v) is 2.77. The highest BCUT2D eigenvalue weighted by molar-refractivity contribution is 6.04. The molecule has 2 N–H and O–H groups in total. The standard InChI is InChI=1S/C21H23N3O4/c1-21(2,8-9-27-3)28-17-6-4-14(5-7-17)20(26)24-19-11-15-10-16(13-25)23-18(15)12-22-19/h4-7,10-13,23H,8-9H2,1-3H3,(H,22,24,26). The number of carbonyl (C=O) groups excluding carboxylic acids is 2. The molecule has 0 radical (unpaired) electrons. The summed E-state index contributed by atoms with van der Waals surface area (Å²) >= 11 is 0. The van der Waals surface area contributed by atoms with Gasteiger partial charge in [-0.1, -0.05) is 0 Å². The fraction of sp³-hybridized carbons (Fsp3) is 0.286. The number of methoxy groups -OCH3 is 1. The van der Waals surface area contributed by atoms with Crippen LogP contribution in [0.5, 0.6) is 5.75 Å². The van der Waals surface area contributed by atoms with Crippen LogP contribution in [0.25, 0.3) is 10.9 Å². The zero-order valence-electron chi connectivity index (χ0n) is 16.1. The average Bonchev–Trinajstić information content (AvgIpc) is 3.09. The number of anilines is 1. The van der Waals surface area contributed by atoms with E-state index in [1.54, 1.807) is 49.7 Å². The second-order valence-corrected chi connectivity index (χ2v) is 7.08. The van der Waals surface area contributed by atoms with Crippen LogP contribution in [0.4, 0.5) is 5.82 Å². The van der Waals surface area contributed by atoms with Crippen LogP contribution in [0.2, 0.25) is 0 Å². The molecule has 0 spiro atoms. The lowest BCUT2D eigenvalue weighted by Gasteiger charge is -2.26. The summed E-state index contributed by atoms with van der Waals surface area (Å²) in [4.78, 5) is 30.5. The van der Waals surface area contributed by atoms with E-state index in [4.69, 9.17) is 9.47 Å². The van der Waals surface area contributed by atoms with E-state index in [0.29, 0.717) is 29.4 Å². The predicted octanol–water partition coefficient (Wildman–Crippen LogP) is 3.82. The lowest BCUT2D eigenvalue weighted by Crippen LogP contribution is -2.29. The Labute approximate surface area is 163 Å². The molecule has 2 aromatic heterocycles. The Balaban J connectivity index is 1.66. The third kappa shape index (κ3) is 4.75. The number of amides is 1. The molecule has 0 bridgehead atoms. The van der Waals surface area contributed by atoms with Gasteiger partial charge in [-0.15, -0.1) is 0 Å². The lowest BCUT2D eigenvalue weighted by atomic mass is 10.1. The third-order valence-electron chi connectivity index (χ3n) is 4.31.